The Balaban J connectivity index is 1.48. The van der Waals surface area contributed by atoms with Crippen LogP contribution in [-0.4, -0.2) is 18.1 Å². The van der Waals surface area contributed by atoms with Crippen LogP contribution in [0.4, 0.5) is 0 Å². The molecule has 0 saturated carbocycles. The van der Waals surface area contributed by atoms with Crippen molar-refractivity contribution < 1.29 is 19.0 Å². The first kappa shape index (κ1) is 19.8. The summed E-state index contributed by atoms with van der Waals surface area (Å²) in [6, 6.07) is 25.5. The molecule has 0 radical (unpaired) electrons. The van der Waals surface area contributed by atoms with Gasteiger partial charge in [-0.15, -0.1) is 0 Å². The molecule has 0 unspecified atom stereocenters. The molecule has 0 atom stereocenters. The Morgan fingerprint density at radius 2 is 1.84 bits per heavy atom. The molecule has 32 heavy (non-hydrogen) atoms. The Morgan fingerprint density at radius 1 is 1.00 bits per heavy atom. The van der Waals surface area contributed by atoms with E-state index in [4.69, 9.17) is 14.2 Å². The van der Waals surface area contributed by atoms with Crippen molar-refractivity contribution in [3.05, 3.63) is 107 Å². The van der Waals surface area contributed by atoms with Crippen molar-refractivity contribution in [1.82, 2.24) is 4.98 Å². The van der Waals surface area contributed by atoms with Gasteiger partial charge in [0.05, 0.1) is 18.3 Å². The average Bonchev–Trinajstić information content (AvgIpc) is 2.99. The normalized spacial score (nSPS) is 13.6. The minimum Gasteiger partial charge on any atom is -0.488 e. The zero-order chi connectivity index (χ0) is 21.9. The van der Waals surface area contributed by atoms with Gasteiger partial charge in [-0.25, -0.2) is 9.78 Å². The van der Waals surface area contributed by atoms with Gasteiger partial charge >= 0.3 is 5.97 Å². The third-order valence-electron chi connectivity index (χ3n) is 5.44. The molecular formula is C27H21NO4. The molecule has 0 N–H and O–H groups in total. The highest BCUT2D eigenvalue weighted by Crippen LogP contribution is 2.38. The minimum absolute atomic E-state index is 0.330. The number of hydrogen-bond acceptors (Lipinski definition) is 5. The molecule has 1 aromatic heterocycles. The van der Waals surface area contributed by atoms with Gasteiger partial charge in [0.1, 0.15) is 24.7 Å². The maximum atomic E-state index is 12.1. The van der Waals surface area contributed by atoms with E-state index in [2.05, 4.69) is 4.98 Å². The van der Waals surface area contributed by atoms with Gasteiger partial charge < -0.3 is 14.2 Å². The van der Waals surface area contributed by atoms with Gasteiger partial charge in [0, 0.05) is 22.6 Å². The molecule has 5 rings (SSSR count). The lowest BCUT2D eigenvalue weighted by atomic mass is 9.94. The Hall–Kier alpha value is -4.12. The number of benzene rings is 3. The van der Waals surface area contributed by atoms with Crippen LogP contribution >= 0.6 is 0 Å². The number of carbonyl (C=O) groups is 1. The fraction of sp³-hybridized carbons (Fsp3) is 0.111. The maximum Gasteiger partial charge on any atom is 0.331 e. The molecule has 0 aliphatic carbocycles. The van der Waals surface area contributed by atoms with Crippen LogP contribution in [-0.2, 0) is 22.7 Å². The van der Waals surface area contributed by atoms with E-state index in [1.54, 1.807) is 0 Å². The Morgan fingerprint density at radius 3 is 2.75 bits per heavy atom. The van der Waals surface area contributed by atoms with Crippen molar-refractivity contribution in [2.75, 3.05) is 7.11 Å². The summed E-state index contributed by atoms with van der Waals surface area (Å²) in [6.07, 6.45) is 1.50. The highest BCUT2D eigenvalue weighted by atomic mass is 16.5. The number of ether oxygens (including phenoxy) is 3. The quantitative estimate of drug-likeness (QED) is 0.329. The van der Waals surface area contributed by atoms with Gasteiger partial charge in [0.2, 0.25) is 0 Å². The number of methoxy groups -OCH3 is 1. The molecule has 1 aliphatic heterocycles. The number of aromatic nitrogens is 1. The van der Waals surface area contributed by atoms with E-state index < -0.39 is 5.97 Å². The Labute approximate surface area is 185 Å². The Bertz CT molecular complexity index is 1340. The van der Waals surface area contributed by atoms with Crippen LogP contribution in [0.15, 0.2) is 84.9 Å². The van der Waals surface area contributed by atoms with Crippen LogP contribution in [0.25, 0.3) is 16.5 Å². The molecule has 158 valence electrons. The smallest absolute Gasteiger partial charge is 0.331 e. The predicted octanol–water partition coefficient (Wildman–Crippen LogP) is 5.31. The van der Waals surface area contributed by atoms with Crippen molar-refractivity contribution in [2.45, 2.75) is 13.2 Å². The van der Waals surface area contributed by atoms with Gasteiger partial charge in [-0.1, -0.05) is 48.5 Å². The molecule has 5 nitrogen and oxygen atoms in total. The SMILES string of the molecule is COC(=O)C=C1c2ccccc2COc2ccc(OCc3ccc4ccccc4n3)cc21. The van der Waals surface area contributed by atoms with E-state index in [0.29, 0.717) is 24.7 Å². The molecule has 0 amide bonds. The lowest BCUT2D eigenvalue weighted by Gasteiger charge is -2.13. The molecule has 0 saturated heterocycles. The summed E-state index contributed by atoms with van der Waals surface area (Å²) in [7, 11) is 1.37. The number of hydrogen-bond donors (Lipinski definition) is 0. The second-order valence-electron chi connectivity index (χ2n) is 7.47. The second-order valence-corrected chi connectivity index (χ2v) is 7.47. The largest absolute Gasteiger partial charge is 0.488 e. The number of rotatable bonds is 4. The summed E-state index contributed by atoms with van der Waals surface area (Å²) >= 11 is 0. The lowest BCUT2D eigenvalue weighted by Crippen LogP contribution is -2.01. The molecule has 0 fully saturated rings. The molecule has 2 heterocycles. The second kappa shape index (κ2) is 8.55. The number of para-hydroxylation sites is 1. The van der Waals surface area contributed by atoms with Crippen LogP contribution in [0.5, 0.6) is 11.5 Å². The third-order valence-corrected chi connectivity index (χ3v) is 5.44. The minimum atomic E-state index is -0.422. The molecule has 3 aromatic carbocycles. The summed E-state index contributed by atoms with van der Waals surface area (Å²) < 4.78 is 17.0. The van der Waals surface area contributed by atoms with Crippen LogP contribution in [0.3, 0.4) is 0 Å². The van der Waals surface area contributed by atoms with Crippen molar-refractivity contribution in [3.8, 4) is 11.5 Å². The summed E-state index contributed by atoms with van der Waals surface area (Å²) in [4.78, 5) is 16.8. The first-order valence-electron chi connectivity index (χ1n) is 10.3. The zero-order valence-electron chi connectivity index (χ0n) is 17.6. The fourth-order valence-corrected chi connectivity index (χ4v) is 3.82. The summed E-state index contributed by atoms with van der Waals surface area (Å²) in [6.45, 7) is 0.750. The van der Waals surface area contributed by atoms with E-state index in [1.165, 1.54) is 13.2 Å². The summed E-state index contributed by atoms with van der Waals surface area (Å²) in [5.74, 6) is 0.930. The van der Waals surface area contributed by atoms with Crippen molar-refractivity contribution in [3.63, 3.8) is 0 Å². The lowest BCUT2D eigenvalue weighted by molar-refractivity contribution is -0.134. The Kier molecular flexibility index (Phi) is 5.30. The van der Waals surface area contributed by atoms with Gasteiger partial charge in [-0.2, -0.15) is 0 Å². The van der Waals surface area contributed by atoms with E-state index in [1.807, 2.05) is 78.9 Å². The predicted molar refractivity (Wildman–Crippen MR) is 122 cm³/mol. The van der Waals surface area contributed by atoms with E-state index in [0.717, 1.165) is 38.9 Å². The fourth-order valence-electron chi connectivity index (χ4n) is 3.82. The number of nitrogens with zero attached hydrogens (tertiary/aromatic N) is 1. The third kappa shape index (κ3) is 3.93. The molecule has 1 aliphatic rings. The molecule has 0 bridgehead atoms. The number of fused-ring (bicyclic) bond motifs is 3. The number of esters is 1. The van der Waals surface area contributed by atoms with E-state index in [9.17, 15) is 4.79 Å². The van der Waals surface area contributed by atoms with Gasteiger partial charge in [-0.3, -0.25) is 0 Å². The highest BCUT2D eigenvalue weighted by molar-refractivity contribution is 5.98. The summed E-state index contributed by atoms with van der Waals surface area (Å²) in [5, 5.41) is 1.09. The topological polar surface area (TPSA) is 57.7 Å². The first-order chi connectivity index (χ1) is 15.7. The molecule has 4 aromatic rings. The molecular weight excluding hydrogens is 402 g/mol. The van der Waals surface area contributed by atoms with Gasteiger partial charge in [0.25, 0.3) is 0 Å². The highest BCUT2D eigenvalue weighted by Gasteiger charge is 2.21. The van der Waals surface area contributed by atoms with E-state index in [-0.39, 0.29) is 0 Å². The zero-order valence-corrected chi connectivity index (χ0v) is 17.6. The van der Waals surface area contributed by atoms with E-state index >= 15 is 0 Å². The number of carbonyl (C=O) groups excluding carboxylic acids is 1. The molecule has 0 spiro atoms. The summed E-state index contributed by atoms with van der Waals surface area (Å²) in [5.41, 5.74) is 5.24. The van der Waals surface area contributed by atoms with Crippen molar-refractivity contribution >= 4 is 22.4 Å². The van der Waals surface area contributed by atoms with Crippen LogP contribution in [0.1, 0.15) is 22.4 Å². The van der Waals surface area contributed by atoms with Gasteiger partial charge in [-0.05, 0) is 41.5 Å². The standard InChI is InChI=1S/C27H21NO4/c1-30-27(29)15-23-22-8-4-2-7-19(22)16-32-26-13-12-21(14-24(23)26)31-17-20-11-10-18-6-3-5-9-25(18)28-20/h2-15H,16-17H2,1H3. The maximum absolute atomic E-state index is 12.1. The van der Waals surface area contributed by atoms with Crippen LogP contribution in [0.2, 0.25) is 0 Å². The monoisotopic (exact) mass is 423 g/mol. The first-order valence-corrected chi connectivity index (χ1v) is 10.3. The van der Waals surface area contributed by atoms with Crippen LogP contribution in [0, 0.1) is 0 Å². The van der Waals surface area contributed by atoms with Crippen molar-refractivity contribution in [1.29, 1.82) is 0 Å². The van der Waals surface area contributed by atoms with Gasteiger partial charge in [0.15, 0.2) is 0 Å². The number of pyridine rings is 1. The van der Waals surface area contributed by atoms with Crippen molar-refractivity contribution in [2.24, 2.45) is 0 Å². The van der Waals surface area contributed by atoms with Crippen LogP contribution < -0.4 is 9.47 Å². The molecule has 5 heteroatoms. The average molecular weight is 423 g/mol.